The van der Waals surface area contributed by atoms with Crippen LogP contribution in [0.5, 0.6) is 0 Å². The van der Waals surface area contributed by atoms with Gasteiger partial charge < -0.3 is 9.80 Å². The van der Waals surface area contributed by atoms with Crippen LogP contribution >= 0.6 is 24.8 Å². The van der Waals surface area contributed by atoms with Crippen LogP contribution in [-0.2, 0) is 0 Å². The molecule has 0 heterocycles. The van der Waals surface area contributed by atoms with Gasteiger partial charge >= 0.3 is 0 Å². The van der Waals surface area contributed by atoms with Crippen LogP contribution in [0.25, 0.3) is 0 Å². The molecule has 0 amide bonds. The van der Waals surface area contributed by atoms with Crippen molar-refractivity contribution >= 4 is 24.8 Å². The zero-order chi connectivity index (χ0) is 17.4. The molecule has 4 heteroatoms. The van der Waals surface area contributed by atoms with Crippen molar-refractivity contribution in [2.24, 2.45) is 0 Å². The van der Waals surface area contributed by atoms with Gasteiger partial charge in [-0.3, -0.25) is 0 Å². The molecule has 0 radical (unpaired) electrons. The van der Waals surface area contributed by atoms with Crippen LogP contribution < -0.4 is 0 Å². The van der Waals surface area contributed by atoms with E-state index in [4.69, 9.17) is 0 Å². The largest absolute Gasteiger partial charge is 0.304 e. The van der Waals surface area contributed by atoms with E-state index in [-0.39, 0.29) is 24.8 Å². The summed E-state index contributed by atoms with van der Waals surface area (Å²) in [6.07, 6.45) is 0. The first-order chi connectivity index (χ1) is 10.5. The monoisotopic (exact) mass is 380 g/mol. The maximum Gasteiger partial charge on any atom is -0.00474 e. The summed E-state index contributed by atoms with van der Waals surface area (Å²) in [7, 11) is 0. The van der Waals surface area contributed by atoms with Crippen molar-refractivity contribution in [2.45, 2.75) is 55.4 Å². The van der Waals surface area contributed by atoms with E-state index >= 15 is 0 Å². The van der Waals surface area contributed by atoms with E-state index in [2.05, 4.69) is 89.5 Å². The van der Waals surface area contributed by atoms with E-state index in [9.17, 15) is 0 Å². The fourth-order valence-electron chi connectivity index (χ4n) is 1.98. The summed E-state index contributed by atoms with van der Waals surface area (Å²) >= 11 is 0. The lowest BCUT2D eigenvalue weighted by molar-refractivity contribution is 0.321. The minimum absolute atomic E-state index is 0. The molecular weight excluding hydrogens is 339 g/mol. The summed E-state index contributed by atoms with van der Waals surface area (Å²) in [4.78, 5) is 4.75. The molecule has 0 aliphatic heterocycles. The van der Waals surface area contributed by atoms with E-state index in [1.807, 2.05) is 0 Å². The van der Waals surface area contributed by atoms with Gasteiger partial charge in [0.15, 0.2) is 0 Å². The van der Waals surface area contributed by atoms with Crippen molar-refractivity contribution in [3.8, 4) is 0 Å². The third-order valence-electron chi connectivity index (χ3n) is 3.90. The molecule has 0 N–H and O–H groups in total. The third kappa shape index (κ3) is 19.8. The summed E-state index contributed by atoms with van der Waals surface area (Å²) in [5.41, 5.74) is 2.66. The van der Waals surface area contributed by atoms with Crippen LogP contribution in [-0.4, -0.2) is 49.1 Å². The first-order valence-corrected chi connectivity index (χ1v) is 8.96. The highest BCUT2D eigenvalue weighted by Crippen LogP contribution is 1.99. The smallest absolute Gasteiger partial charge is 0.00474 e. The predicted octanol–water partition coefficient (Wildman–Crippen LogP) is 5.84. The van der Waals surface area contributed by atoms with Crippen LogP contribution in [0.1, 0.15) is 52.7 Å². The summed E-state index contributed by atoms with van der Waals surface area (Å²) in [5.74, 6) is 0. The van der Waals surface area contributed by atoms with Gasteiger partial charge in [-0.25, -0.2) is 0 Å². The molecule has 24 heavy (non-hydrogen) atoms. The maximum absolute atomic E-state index is 2.38. The fourth-order valence-corrected chi connectivity index (χ4v) is 1.98. The van der Waals surface area contributed by atoms with Crippen molar-refractivity contribution in [2.75, 3.05) is 39.3 Å². The van der Waals surface area contributed by atoms with Gasteiger partial charge in [-0.05, 0) is 53.1 Å². The zero-order valence-electron chi connectivity index (χ0n) is 17.3. The lowest BCUT2D eigenvalue weighted by Gasteiger charge is -2.13. The molecule has 0 saturated carbocycles. The lowest BCUT2D eigenvalue weighted by atomic mass is 10.2. The van der Waals surface area contributed by atoms with E-state index in [0.29, 0.717) is 0 Å². The molecule has 0 atom stereocenters. The topological polar surface area (TPSA) is 6.48 Å². The molecular formula is C20H42Cl2N2. The molecule has 1 aromatic carbocycles. The number of rotatable bonds is 6. The van der Waals surface area contributed by atoms with Gasteiger partial charge in [0, 0.05) is 0 Å². The highest BCUT2D eigenvalue weighted by molar-refractivity contribution is 5.85. The second-order valence-corrected chi connectivity index (χ2v) is 5.39. The van der Waals surface area contributed by atoms with Crippen LogP contribution in [0.15, 0.2) is 24.3 Å². The molecule has 0 bridgehead atoms. The van der Waals surface area contributed by atoms with Gasteiger partial charge in [0.05, 0.1) is 0 Å². The van der Waals surface area contributed by atoms with Crippen molar-refractivity contribution < 1.29 is 0 Å². The Labute approximate surface area is 164 Å². The number of aryl methyl sites for hydroxylation is 2. The van der Waals surface area contributed by atoms with Crippen molar-refractivity contribution in [1.82, 2.24) is 9.80 Å². The van der Waals surface area contributed by atoms with E-state index in [1.54, 1.807) is 0 Å². The van der Waals surface area contributed by atoms with Crippen molar-refractivity contribution in [3.63, 3.8) is 0 Å². The third-order valence-corrected chi connectivity index (χ3v) is 3.90. The van der Waals surface area contributed by atoms with E-state index in [0.717, 1.165) is 0 Å². The number of halogens is 2. The summed E-state index contributed by atoms with van der Waals surface area (Å²) in [5, 5.41) is 0. The molecule has 0 unspecified atom stereocenters. The Morgan fingerprint density at radius 2 is 0.667 bits per heavy atom. The average Bonchev–Trinajstić information content (AvgIpc) is 2.55. The minimum Gasteiger partial charge on any atom is -0.304 e. The van der Waals surface area contributed by atoms with Gasteiger partial charge in [-0.2, -0.15) is 0 Å². The summed E-state index contributed by atoms with van der Waals surface area (Å²) in [6.45, 7) is 24.4. The van der Waals surface area contributed by atoms with E-state index < -0.39 is 0 Å². The number of hydrogen-bond acceptors (Lipinski definition) is 2. The highest BCUT2D eigenvalue weighted by Gasteiger charge is 1.89. The molecule has 0 aromatic heterocycles. The molecule has 146 valence electrons. The Balaban J connectivity index is -0.000000121. The van der Waals surface area contributed by atoms with E-state index in [1.165, 1.54) is 50.4 Å². The Hall–Kier alpha value is -0.280. The van der Waals surface area contributed by atoms with Gasteiger partial charge in [0.25, 0.3) is 0 Å². The lowest BCUT2D eigenvalue weighted by Crippen LogP contribution is -2.21. The molecule has 0 fully saturated rings. The average molecular weight is 381 g/mol. The second kappa shape index (κ2) is 22.7. The molecule has 0 aliphatic carbocycles. The maximum atomic E-state index is 2.38. The minimum atomic E-state index is 0. The Kier molecular flexibility index (Phi) is 29.8. The van der Waals surface area contributed by atoms with Crippen LogP contribution in [0.3, 0.4) is 0 Å². The van der Waals surface area contributed by atoms with Gasteiger partial charge in [-0.1, -0.05) is 76.9 Å². The first-order valence-electron chi connectivity index (χ1n) is 8.96. The van der Waals surface area contributed by atoms with Gasteiger partial charge in [0.2, 0.25) is 0 Å². The van der Waals surface area contributed by atoms with Gasteiger partial charge in [-0.15, -0.1) is 24.8 Å². The van der Waals surface area contributed by atoms with Crippen LogP contribution in [0, 0.1) is 13.8 Å². The highest BCUT2D eigenvalue weighted by atomic mass is 35.5. The first kappa shape index (κ1) is 31.5. The van der Waals surface area contributed by atoms with Crippen LogP contribution in [0.4, 0.5) is 0 Å². The summed E-state index contributed by atoms with van der Waals surface area (Å²) in [6, 6.07) is 8.48. The Morgan fingerprint density at radius 1 is 0.500 bits per heavy atom. The molecule has 1 aromatic rings. The summed E-state index contributed by atoms with van der Waals surface area (Å²) < 4.78 is 0. The second-order valence-electron chi connectivity index (χ2n) is 5.39. The van der Waals surface area contributed by atoms with Crippen LogP contribution in [0.2, 0.25) is 0 Å². The SMILES string of the molecule is CCN(CC)CC.CCN(CC)CC.Cc1ccc(C)cc1.Cl.Cl. The molecule has 0 aliphatic rings. The zero-order valence-corrected chi connectivity index (χ0v) is 18.9. The standard InChI is InChI=1S/C8H10.2C6H15N.2ClH/c1-7-3-5-8(2)6-4-7;2*1-4-7(5-2)6-3;;/h3-6H,1-2H3;2*4-6H2,1-3H3;2*1H. The predicted molar refractivity (Wildman–Crippen MR) is 117 cm³/mol. The molecule has 2 nitrogen and oxygen atoms in total. The van der Waals surface area contributed by atoms with Crippen molar-refractivity contribution in [1.29, 1.82) is 0 Å². The Bertz CT molecular complexity index is 277. The molecule has 0 saturated heterocycles. The molecule has 0 spiro atoms. The fraction of sp³-hybridized carbons (Fsp3) is 0.700. The number of benzene rings is 1. The normalized spacial score (nSPS) is 9.08. The number of nitrogens with zero attached hydrogens (tertiary/aromatic N) is 2. The molecule has 1 rings (SSSR count). The quantitative estimate of drug-likeness (QED) is 0.610. The van der Waals surface area contributed by atoms with Crippen molar-refractivity contribution in [3.05, 3.63) is 35.4 Å². The Morgan fingerprint density at radius 3 is 0.750 bits per heavy atom. The van der Waals surface area contributed by atoms with Gasteiger partial charge in [0.1, 0.15) is 0 Å². The number of hydrogen-bond donors (Lipinski definition) is 0.